The van der Waals surface area contributed by atoms with E-state index >= 15 is 0 Å². The van der Waals surface area contributed by atoms with Crippen LogP contribution in [0.1, 0.15) is 27.9 Å². The van der Waals surface area contributed by atoms with Crippen molar-refractivity contribution in [1.82, 2.24) is 9.88 Å². The third-order valence-corrected chi connectivity index (χ3v) is 5.48. The molecular formula is C23H21N5O3. The van der Waals surface area contributed by atoms with E-state index < -0.39 is 4.92 Å². The average Bonchev–Trinajstić information content (AvgIpc) is 3.03. The maximum absolute atomic E-state index is 12.9. The number of non-ortho nitro benzene ring substituents is 1. The number of aryl methyl sites for hydroxylation is 1. The highest BCUT2D eigenvalue weighted by Gasteiger charge is 2.22. The van der Waals surface area contributed by atoms with E-state index in [0.29, 0.717) is 54.0 Å². The molecule has 8 nitrogen and oxygen atoms in total. The van der Waals surface area contributed by atoms with Gasteiger partial charge in [-0.25, -0.2) is 4.98 Å². The minimum Gasteiger partial charge on any atom is -0.355 e. The van der Waals surface area contributed by atoms with E-state index in [0.717, 1.165) is 12.0 Å². The molecular weight excluding hydrogens is 394 g/mol. The Labute approximate surface area is 179 Å². The number of carbonyl (C=O) groups excluding carboxylic acids is 1. The van der Waals surface area contributed by atoms with E-state index in [1.54, 1.807) is 12.1 Å². The highest BCUT2D eigenvalue weighted by atomic mass is 16.6. The van der Waals surface area contributed by atoms with Crippen molar-refractivity contribution >= 4 is 28.3 Å². The molecule has 1 aliphatic rings. The van der Waals surface area contributed by atoms with E-state index in [1.165, 1.54) is 12.1 Å². The second kappa shape index (κ2) is 8.40. The molecule has 1 aliphatic heterocycles. The van der Waals surface area contributed by atoms with E-state index in [1.807, 2.05) is 36.1 Å². The van der Waals surface area contributed by atoms with Crippen LogP contribution in [-0.2, 0) is 0 Å². The van der Waals surface area contributed by atoms with Gasteiger partial charge >= 0.3 is 0 Å². The molecule has 0 radical (unpaired) electrons. The Hall–Kier alpha value is -3.99. The monoisotopic (exact) mass is 415 g/mol. The molecule has 0 unspecified atom stereocenters. The Kier molecular flexibility index (Phi) is 5.50. The molecule has 0 bridgehead atoms. The van der Waals surface area contributed by atoms with Crippen LogP contribution in [0.25, 0.3) is 10.9 Å². The number of anilines is 1. The van der Waals surface area contributed by atoms with Crippen molar-refractivity contribution in [2.75, 3.05) is 31.1 Å². The summed E-state index contributed by atoms with van der Waals surface area (Å²) < 4.78 is 0. The van der Waals surface area contributed by atoms with Gasteiger partial charge in [0.25, 0.3) is 11.6 Å². The standard InChI is InChI=1S/C23H21N5O3/c1-16-4-2-5-17(12-16)23(29)27-9-3-8-26(10-11-27)22-13-18(15-24)20-14-19(28(30)31)6-7-21(20)25-22/h2,4-7,12-14H,3,8-11H2,1H3. The highest BCUT2D eigenvalue weighted by Crippen LogP contribution is 2.27. The van der Waals surface area contributed by atoms with Crippen molar-refractivity contribution in [3.05, 3.63) is 75.3 Å². The van der Waals surface area contributed by atoms with E-state index in [-0.39, 0.29) is 11.6 Å². The molecule has 1 amide bonds. The number of nitrogens with zero attached hydrogens (tertiary/aromatic N) is 5. The van der Waals surface area contributed by atoms with Crippen molar-refractivity contribution in [1.29, 1.82) is 5.26 Å². The number of fused-ring (bicyclic) bond motifs is 1. The molecule has 3 aromatic rings. The lowest BCUT2D eigenvalue weighted by Gasteiger charge is -2.23. The normalized spacial score (nSPS) is 14.2. The first-order chi connectivity index (χ1) is 15.0. The highest BCUT2D eigenvalue weighted by molar-refractivity contribution is 5.94. The quantitative estimate of drug-likeness (QED) is 0.478. The number of hydrogen-bond donors (Lipinski definition) is 0. The third kappa shape index (κ3) is 4.16. The lowest BCUT2D eigenvalue weighted by atomic mass is 10.1. The molecule has 0 aliphatic carbocycles. The summed E-state index contributed by atoms with van der Waals surface area (Å²) in [6.07, 6.45) is 0.777. The second-order valence-electron chi connectivity index (χ2n) is 7.60. The second-order valence-corrected chi connectivity index (χ2v) is 7.60. The summed E-state index contributed by atoms with van der Waals surface area (Å²) in [7, 11) is 0. The van der Waals surface area contributed by atoms with Crippen molar-refractivity contribution < 1.29 is 9.72 Å². The van der Waals surface area contributed by atoms with Gasteiger partial charge in [0, 0.05) is 49.3 Å². The minimum atomic E-state index is -0.483. The number of nitro groups is 1. The van der Waals surface area contributed by atoms with Crippen molar-refractivity contribution in [3.63, 3.8) is 0 Å². The van der Waals surface area contributed by atoms with Gasteiger partial charge in [0.1, 0.15) is 5.82 Å². The van der Waals surface area contributed by atoms with Crippen molar-refractivity contribution in [2.24, 2.45) is 0 Å². The number of aromatic nitrogens is 1. The summed E-state index contributed by atoms with van der Waals surface area (Å²) in [6, 6.07) is 15.7. The van der Waals surface area contributed by atoms with Gasteiger partial charge in [-0.2, -0.15) is 5.26 Å². The molecule has 0 spiro atoms. The molecule has 0 N–H and O–H groups in total. The molecule has 2 heterocycles. The zero-order chi connectivity index (χ0) is 22.0. The molecule has 156 valence electrons. The molecule has 1 saturated heterocycles. The molecule has 1 aromatic heterocycles. The molecule has 1 fully saturated rings. The minimum absolute atomic E-state index is 0.0158. The lowest BCUT2D eigenvalue weighted by molar-refractivity contribution is -0.384. The number of nitriles is 1. The van der Waals surface area contributed by atoms with Crippen LogP contribution in [0, 0.1) is 28.4 Å². The van der Waals surface area contributed by atoms with Gasteiger partial charge in [0.05, 0.1) is 22.1 Å². The first kappa shape index (κ1) is 20.3. The van der Waals surface area contributed by atoms with Gasteiger partial charge < -0.3 is 9.80 Å². The zero-order valence-corrected chi connectivity index (χ0v) is 17.1. The van der Waals surface area contributed by atoms with Crippen molar-refractivity contribution in [2.45, 2.75) is 13.3 Å². The topological polar surface area (TPSA) is 103 Å². The van der Waals surface area contributed by atoms with Crippen LogP contribution in [0.15, 0.2) is 48.5 Å². The molecule has 4 rings (SSSR count). The first-order valence-corrected chi connectivity index (χ1v) is 10.1. The van der Waals surface area contributed by atoms with Crippen LogP contribution < -0.4 is 4.90 Å². The SMILES string of the molecule is Cc1cccc(C(=O)N2CCCN(c3cc(C#N)c4cc([N+](=O)[O-])ccc4n3)CC2)c1. The number of carbonyl (C=O) groups is 1. The van der Waals surface area contributed by atoms with Gasteiger partial charge in [0.15, 0.2) is 0 Å². The smallest absolute Gasteiger partial charge is 0.270 e. The summed E-state index contributed by atoms with van der Waals surface area (Å²) in [5, 5.41) is 21.1. The van der Waals surface area contributed by atoms with Gasteiger partial charge in [0.2, 0.25) is 0 Å². The number of pyridine rings is 1. The van der Waals surface area contributed by atoms with E-state index in [4.69, 9.17) is 0 Å². The fourth-order valence-corrected chi connectivity index (χ4v) is 3.88. The van der Waals surface area contributed by atoms with Gasteiger partial charge in [-0.15, -0.1) is 0 Å². The van der Waals surface area contributed by atoms with E-state index in [2.05, 4.69) is 16.0 Å². The number of benzene rings is 2. The maximum Gasteiger partial charge on any atom is 0.270 e. The maximum atomic E-state index is 12.9. The predicted octanol–water partition coefficient (Wildman–Crippen LogP) is 3.68. The van der Waals surface area contributed by atoms with Gasteiger partial charge in [-0.3, -0.25) is 14.9 Å². The van der Waals surface area contributed by atoms with E-state index in [9.17, 15) is 20.2 Å². The van der Waals surface area contributed by atoms with Crippen LogP contribution in [-0.4, -0.2) is 46.9 Å². The van der Waals surface area contributed by atoms with Gasteiger partial charge in [-0.05, 0) is 37.6 Å². The molecule has 0 saturated carbocycles. The average molecular weight is 415 g/mol. The van der Waals surface area contributed by atoms with Crippen LogP contribution >= 0.6 is 0 Å². The Bertz CT molecular complexity index is 1220. The Morgan fingerprint density at radius 1 is 1.13 bits per heavy atom. The lowest BCUT2D eigenvalue weighted by Crippen LogP contribution is -2.35. The number of rotatable bonds is 3. The fourth-order valence-electron chi connectivity index (χ4n) is 3.88. The number of amides is 1. The molecule has 8 heteroatoms. The van der Waals surface area contributed by atoms with Crippen LogP contribution in [0.2, 0.25) is 0 Å². The Balaban J connectivity index is 1.58. The molecule has 31 heavy (non-hydrogen) atoms. The summed E-state index contributed by atoms with van der Waals surface area (Å²) in [4.78, 5) is 32.0. The Morgan fingerprint density at radius 2 is 1.97 bits per heavy atom. The van der Waals surface area contributed by atoms with Crippen molar-refractivity contribution in [3.8, 4) is 6.07 Å². The number of nitro benzene ring substituents is 1. The summed E-state index contributed by atoms with van der Waals surface area (Å²) >= 11 is 0. The summed E-state index contributed by atoms with van der Waals surface area (Å²) in [6.45, 7) is 4.46. The fraction of sp³-hybridized carbons (Fsp3) is 0.261. The third-order valence-electron chi connectivity index (χ3n) is 5.48. The summed E-state index contributed by atoms with van der Waals surface area (Å²) in [5.41, 5.74) is 2.55. The molecule has 2 aromatic carbocycles. The largest absolute Gasteiger partial charge is 0.355 e. The zero-order valence-electron chi connectivity index (χ0n) is 17.1. The van der Waals surface area contributed by atoms with Gasteiger partial charge in [-0.1, -0.05) is 17.7 Å². The number of hydrogen-bond acceptors (Lipinski definition) is 6. The first-order valence-electron chi connectivity index (χ1n) is 10.1. The molecule has 0 atom stereocenters. The summed E-state index contributed by atoms with van der Waals surface area (Å²) in [5.74, 6) is 0.657. The predicted molar refractivity (Wildman–Crippen MR) is 117 cm³/mol. The van der Waals surface area contributed by atoms with Crippen LogP contribution in [0.3, 0.4) is 0 Å². The Morgan fingerprint density at radius 3 is 2.71 bits per heavy atom. The van der Waals surface area contributed by atoms with Crippen LogP contribution in [0.4, 0.5) is 11.5 Å². The van der Waals surface area contributed by atoms with Crippen LogP contribution in [0.5, 0.6) is 0 Å².